The van der Waals surface area contributed by atoms with E-state index in [-0.39, 0.29) is 5.75 Å². The van der Waals surface area contributed by atoms with E-state index >= 15 is 0 Å². The molecule has 0 heterocycles. The van der Waals surface area contributed by atoms with Crippen LogP contribution in [0.15, 0.2) is 4.99 Å². The fraction of sp³-hybridized carbons (Fsp3) is 0.923. The first kappa shape index (κ1) is 17.2. The van der Waals surface area contributed by atoms with E-state index in [1.54, 1.807) is 14.0 Å². The second-order valence-electron chi connectivity index (χ2n) is 5.40. The predicted octanol–water partition coefficient (Wildman–Crippen LogP) is 0.669. The smallest absolute Gasteiger partial charge is 0.211 e. The molecule has 0 atom stereocenters. The van der Waals surface area contributed by atoms with Crippen LogP contribution in [0.2, 0.25) is 0 Å². The van der Waals surface area contributed by atoms with Gasteiger partial charge in [-0.3, -0.25) is 4.99 Å². The first-order chi connectivity index (χ1) is 9.46. The summed E-state index contributed by atoms with van der Waals surface area (Å²) in [5.74, 6) is 1.69. The lowest BCUT2D eigenvalue weighted by atomic mass is 9.87. The van der Waals surface area contributed by atoms with Gasteiger partial charge in [-0.25, -0.2) is 13.1 Å². The van der Waals surface area contributed by atoms with Gasteiger partial charge in [0.05, 0.1) is 5.75 Å². The summed E-state index contributed by atoms with van der Waals surface area (Å²) in [5.41, 5.74) is 0. The fourth-order valence-corrected chi connectivity index (χ4v) is 2.90. The quantitative estimate of drug-likeness (QED) is 0.383. The molecule has 0 spiro atoms. The Morgan fingerprint density at radius 1 is 1.20 bits per heavy atom. The molecule has 118 valence electrons. The molecule has 0 aliphatic heterocycles. The van der Waals surface area contributed by atoms with Crippen LogP contribution in [-0.4, -0.2) is 46.3 Å². The summed E-state index contributed by atoms with van der Waals surface area (Å²) >= 11 is 0. The SMILES string of the molecule is CCS(=O)(=O)NCCNC(=NC)NC1CCC(C)CC1. The second-order valence-corrected chi connectivity index (χ2v) is 7.49. The number of sulfonamides is 1. The molecule has 0 unspecified atom stereocenters. The maximum Gasteiger partial charge on any atom is 0.211 e. The van der Waals surface area contributed by atoms with E-state index in [0.717, 1.165) is 11.9 Å². The second kappa shape index (κ2) is 8.46. The molecule has 1 aliphatic carbocycles. The highest BCUT2D eigenvalue weighted by atomic mass is 32.2. The van der Waals surface area contributed by atoms with E-state index in [9.17, 15) is 8.42 Å². The highest BCUT2D eigenvalue weighted by Crippen LogP contribution is 2.23. The van der Waals surface area contributed by atoms with E-state index < -0.39 is 10.0 Å². The van der Waals surface area contributed by atoms with Crippen LogP contribution in [0.3, 0.4) is 0 Å². The van der Waals surface area contributed by atoms with Crippen molar-refractivity contribution in [3.05, 3.63) is 0 Å². The van der Waals surface area contributed by atoms with Crippen molar-refractivity contribution in [3.63, 3.8) is 0 Å². The van der Waals surface area contributed by atoms with Gasteiger partial charge >= 0.3 is 0 Å². The third kappa shape index (κ3) is 6.56. The van der Waals surface area contributed by atoms with Gasteiger partial charge in [-0.2, -0.15) is 0 Å². The molecule has 0 aromatic rings. The summed E-state index contributed by atoms with van der Waals surface area (Å²) in [5, 5.41) is 6.54. The molecule has 0 aromatic carbocycles. The van der Waals surface area contributed by atoms with Crippen LogP contribution in [0.4, 0.5) is 0 Å². The molecule has 0 bridgehead atoms. The van der Waals surface area contributed by atoms with Gasteiger partial charge in [-0.1, -0.05) is 6.92 Å². The standard InChI is InChI=1S/C13H28N4O2S/c1-4-20(18,19)16-10-9-15-13(14-3)17-12-7-5-11(2)6-8-12/h11-12,16H,4-10H2,1-3H3,(H2,14,15,17). The number of hydrogen-bond donors (Lipinski definition) is 3. The Kier molecular flexibility index (Phi) is 7.29. The lowest BCUT2D eigenvalue weighted by molar-refractivity contribution is 0.329. The van der Waals surface area contributed by atoms with Crippen molar-refractivity contribution in [1.82, 2.24) is 15.4 Å². The number of guanidine groups is 1. The van der Waals surface area contributed by atoms with Crippen molar-refractivity contribution >= 4 is 16.0 Å². The molecule has 1 fully saturated rings. The normalized spacial score (nSPS) is 24.4. The van der Waals surface area contributed by atoms with Gasteiger partial charge in [-0.05, 0) is 38.5 Å². The van der Waals surface area contributed by atoms with Crippen molar-refractivity contribution in [2.75, 3.05) is 25.9 Å². The monoisotopic (exact) mass is 304 g/mol. The highest BCUT2D eigenvalue weighted by Gasteiger charge is 2.18. The van der Waals surface area contributed by atoms with Gasteiger partial charge in [0.25, 0.3) is 0 Å². The van der Waals surface area contributed by atoms with Crippen LogP contribution in [0.5, 0.6) is 0 Å². The van der Waals surface area contributed by atoms with Gasteiger partial charge in [0.2, 0.25) is 10.0 Å². The van der Waals surface area contributed by atoms with Crippen molar-refractivity contribution in [2.45, 2.75) is 45.6 Å². The molecule has 7 heteroatoms. The van der Waals surface area contributed by atoms with Gasteiger partial charge < -0.3 is 10.6 Å². The summed E-state index contributed by atoms with van der Waals surface area (Å²) in [7, 11) is -1.37. The molecule has 0 amide bonds. The molecule has 0 aromatic heterocycles. The Morgan fingerprint density at radius 2 is 1.85 bits per heavy atom. The third-order valence-corrected chi connectivity index (χ3v) is 5.10. The molecule has 0 radical (unpaired) electrons. The van der Waals surface area contributed by atoms with Gasteiger partial charge in [0.15, 0.2) is 5.96 Å². The highest BCUT2D eigenvalue weighted by molar-refractivity contribution is 7.89. The number of aliphatic imine (C=N–C) groups is 1. The van der Waals surface area contributed by atoms with Crippen LogP contribution in [0.25, 0.3) is 0 Å². The molecule has 1 aliphatic rings. The third-order valence-electron chi connectivity index (χ3n) is 3.70. The Hall–Kier alpha value is -0.820. The van der Waals surface area contributed by atoms with Gasteiger partial charge in [-0.15, -0.1) is 0 Å². The van der Waals surface area contributed by atoms with Crippen LogP contribution >= 0.6 is 0 Å². The Bertz CT molecular complexity index is 401. The number of hydrogen-bond acceptors (Lipinski definition) is 3. The maximum absolute atomic E-state index is 11.3. The molecule has 6 nitrogen and oxygen atoms in total. The minimum absolute atomic E-state index is 0.111. The Morgan fingerprint density at radius 3 is 2.40 bits per heavy atom. The number of nitrogens with one attached hydrogen (secondary N) is 3. The molecule has 3 N–H and O–H groups in total. The first-order valence-corrected chi connectivity index (χ1v) is 9.06. The van der Waals surface area contributed by atoms with Crippen LogP contribution in [0.1, 0.15) is 39.5 Å². The van der Waals surface area contributed by atoms with E-state index in [0.29, 0.717) is 19.1 Å². The fourth-order valence-electron chi connectivity index (χ4n) is 2.28. The summed E-state index contributed by atoms with van der Waals surface area (Å²) in [6, 6.07) is 0.477. The average Bonchev–Trinajstić information content (AvgIpc) is 2.44. The minimum Gasteiger partial charge on any atom is -0.355 e. The molecular formula is C13H28N4O2S. The molecule has 1 rings (SSSR count). The number of nitrogens with zero attached hydrogens (tertiary/aromatic N) is 1. The molecular weight excluding hydrogens is 276 g/mol. The first-order valence-electron chi connectivity index (χ1n) is 7.41. The zero-order chi connectivity index (χ0) is 15.0. The topological polar surface area (TPSA) is 82.6 Å². The van der Waals surface area contributed by atoms with Crippen LogP contribution in [0, 0.1) is 5.92 Å². The lowest BCUT2D eigenvalue weighted by Crippen LogP contribution is -2.46. The summed E-state index contributed by atoms with van der Waals surface area (Å²) in [6.07, 6.45) is 4.85. The Balaban J connectivity index is 2.23. The lowest BCUT2D eigenvalue weighted by Gasteiger charge is -2.28. The van der Waals surface area contributed by atoms with Crippen molar-refractivity contribution in [3.8, 4) is 0 Å². The average molecular weight is 304 g/mol. The van der Waals surface area contributed by atoms with E-state index in [1.807, 2.05) is 0 Å². The molecule has 20 heavy (non-hydrogen) atoms. The zero-order valence-corrected chi connectivity index (χ0v) is 13.6. The van der Waals surface area contributed by atoms with Crippen molar-refractivity contribution < 1.29 is 8.42 Å². The summed E-state index contributed by atoms with van der Waals surface area (Å²) in [6.45, 7) is 4.82. The van der Waals surface area contributed by atoms with E-state index in [1.165, 1.54) is 25.7 Å². The largest absolute Gasteiger partial charge is 0.355 e. The number of rotatable bonds is 6. The van der Waals surface area contributed by atoms with Gasteiger partial charge in [0.1, 0.15) is 0 Å². The molecule has 1 saturated carbocycles. The summed E-state index contributed by atoms with van der Waals surface area (Å²) in [4.78, 5) is 4.17. The Labute approximate surface area is 122 Å². The van der Waals surface area contributed by atoms with Crippen LogP contribution in [-0.2, 0) is 10.0 Å². The predicted molar refractivity (Wildman–Crippen MR) is 83.4 cm³/mol. The zero-order valence-electron chi connectivity index (χ0n) is 12.8. The van der Waals surface area contributed by atoms with Gasteiger partial charge in [0, 0.05) is 26.2 Å². The maximum atomic E-state index is 11.3. The van der Waals surface area contributed by atoms with E-state index in [2.05, 4.69) is 27.3 Å². The van der Waals surface area contributed by atoms with Crippen LogP contribution < -0.4 is 15.4 Å². The van der Waals surface area contributed by atoms with Crippen molar-refractivity contribution in [1.29, 1.82) is 0 Å². The summed E-state index contributed by atoms with van der Waals surface area (Å²) < 4.78 is 25.1. The minimum atomic E-state index is -3.11. The van der Waals surface area contributed by atoms with Crippen molar-refractivity contribution in [2.24, 2.45) is 10.9 Å². The molecule has 0 saturated heterocycles. The van der Waals surface area contributed by atoms with E-state index in [4.69, 9.17) is 0 Å².